The summed E-state index contributed by atoms with van der Waals surface area (Å²) >= 11 is 0. The third-order valence-corrected chi connectivity index (χ3v) is 7.37. The number of benzene rings is 1. The van der Waals surface area contributed by atoms with Crippen molar-refractivity contribution in [1.82, 2.24) is 20.2 Å². The molecule has 196 valence electrons. The summed E-state index contributed by atoms with van der Waals surface area (Å²) in [5.41, 5.74) is 3.81. The maximum Gasteiger partial charge on any atom is 0.338 e. The lowest BCUT2D eigenvalue weighted by atomic mass is 9.89. The van der Waals surface area contributed by atoms with Crippen LogP contribution < -0.4 is 5.32 Å². The van der Waals surface area contributed by atoms with Crippen molar-refractivity contribution in [3.05, 3.63) is 107 Å². The smallest absolute Gasteiger partial charge is 0.338 e. The molecule has 39 heavy (non-hydrogen) atoms. The second kappa shape index (κ2) is 10.2. The minimum Gasteiger partial charge on any atom is -0.478 e. The van der Waals surface area contributed by atoms with Crippen LogP contribution >= 0.6 is 0 Å². The number of amides is 2. The zero-order valence-corrected chi connectivity index (χ0v) is 21.1. The summed E-state index contributed by atoms with van der Waals surface area (Å²) in [6.45, 7) is 0.877. The Morgan fingerprint density at radius 2 is 1.92 bits per heavy atom. The van der Waals surface area contributed by atoms with E-state index in [0.717, 1.165) is 18.4 Å². The predicted molar refractivity (Wildman–Crippen MR) is 141 cm³/mol. The van der Waals surface area contributed by atoms with Gasteiger partial charge in [0.1, 0.15) is 5.76 Å². The highest BCUT2D eigenvalue weighted by atomic mass is 16.4. The summed E-state index contributed by atoms with van der Waals surface area (Å²) in [7, 11) is 0. The summed E-state index contributed by atoms with van der Waals surface area (Å²) in [6.07, 6.45) is 7.64. The van der Waals surface area contributed by atoms with Crippen LogP contribution in [0.3, 0.4) is 0 Å². The highest BCUT2D eigenvalue weighted by Gasteiger charge is 2.44. The van der Waals surface area contributed by atoms with E-state index in [9.17, 15) is 19.5 Å². The number of nitrogens with one attached hydrogen (secondary N) is 1. The van der Waals surface area contributed by atoms with Crippen LogP contribution in [0.4, 0.5) is 0 Å². The molecule has 4 aromatic rings. The fourth-order valence-corrected chi connectivity index (χ4v) is 5.53. The van der Waals surface area contributed by atoms with Crippen molar-refractivity contribution in [3.8, 4) is 11.1 Å². The standard InChI is InChI=1S/C30H26N4O5/c35-28(32-17-21-5-3-15-39-21)20-10-8-19(9-11-20)24-25(30(37)38)22(12-7-18-4-1-13-31-16-18)33-27-23-6-2-14-34(23)29(36)26(24)27/h1,3-5,8-11,13,15-16,23H,2,6-7,12,14,17H2,(H,32,35)(H,37,38)/t23-/m0/s1. The molecule has 2 N–H and O–H groups in total. The average Bonchev–Trinajstić information content (AvgIpc) is 3.71. The fraction of sp³-hybridized carbons (Fsp3) is 0.233. The van der Waals surface area contributed by atoms with E-state index in [1.807, 2.05) is 12.1 Å². The highest BCUT2D eigenvalue weighted by Crippen LogP contribution is 2.45. The summed E-state index contributed by atoms with van der Waals surface area (Å²) in [4.78, 5) is 49.7. The Morgan fingerprint density at radius 1 is 1.08 bits per heavy atom. The topological polar surface area (TPSA) is 126 Å². The van der Waals surface area contributed by atoms with Gasteiger partial charge in [0.15, 0.2) is 0 Å². The summed E-state index contributed by atoms with van der Waals surface area (Å²) in [5, 5.41) is 13.2. The number of carboxylic acids is 1. The van der Waals surface area contributed by atoms with Crippen molar-refractivity contribution < 1.29 is 23.9 Å². The Balaban J connectivity index is 1.39. The molecule has 0 unspecified atom stereocenters. The Labute approximate surface area is 224 Å². The fourth-order valence-electron chi connectivity index (χ4n) is 5.53. The molecule has 0 saturated carbocycles. The van der Waals surface area contributed by atoms with Gasteiger partial charge in [0.25, 0.3) is 11.8 Å². The Hall–Kier alpha value is -4.79. The van der Waals surface area contributed by atoms with Gasteiger partial charge in [0.2, 0.25) is 0 Å². The first-order valence-corrected chi connectivity index (χ1v) is 12.9. The summed E-state index contributed by atoms with van der Waals surface area (Å²) in [5.74, 6) is -0.972. The minimum atomic E-state index is -1.14. The SMILES string of the molecule is O=C(NCc1ccco1)c1ccc(-c2c(C(=O)O)c(CCc3cccnc3)nc3c2C(=O)N2CCC[C@@H]32)cc1. The molecule has 2 amide bonds. The van der Waals surface area contributed by atoms with E-state index in [-0.39, 0.29) is 30.0 Å². The molecule has 2 aliphatic heterocycles. The molecule has 9 nitrogen and oxygen atoms in total. The zero-order valence-electron chi connectivity index (χ0n) is 21.1. The van der Waals surface area contributed by atoms with E-state index < -0.39 is 5.97 Å². The van der Waals surface area contributed by atoms with Gasteiger partial charge < -0.3 is 19.7 Å². The molecule has 1 aromatic carbocycles. The third kappa shape index (κ3) is 4.56. The van der Waals surface area contributed by atoms with Gasteiger partial charge in [-0.25, -0.2) is 4.79 Å². The van der Waals surface area contributed by atoms with Crippen LogP contribution in [-0.2, 0) is 19.4 Å². The number of carboxylic acid groups (broad SMARTS) is 1. The van der Waals surface area contributed by atoms with Crippen LogP contribution in [0.5, 0.6) is 0 Å². The van der Waals surface area contributed by atoms with Crippen LogP contribution in [0.25, 0.3) is 11.1 Å². The van der Waals surface area contributed by atoms with Gasteiger partial charge in [-0.2, -0.15) is 0 Å². The number of pyridine rings is 2. The first-order valence-electron chi connectivity index (χ1n) is 12.9. The van der Waals surface area contributed by atoms with Gasteiger partial charge in [0.05, 0.1) is 41.4 Å². The van der Waals surface area contributed by atoms with Gasteiger partial charge in [-0.15, -0.1) is 0 Å². The molecule has 0 bridgehead atoms. The third-order valence-electron chi connectivity index (χ3n) is 7.37. The number of hydrogen-bond acceptors (Lipinski definition) is 6. The largest absolute Gasteiger partial charge is 0.478 e. The highest BCUT2D eigenvalue weighted by molar-refractivity contribution is 6.10. The Morgan fingerprint density at radius 3 is 2.64 bits per heavy atom. The summed E-state index contributed by atoms with van der Waals surface area (Å²) in [6, 6.07) is 13.9. The number of fused-ring (bicyclic) bond motifs is 3. The lowest BCUT2D eigenvalue weighted by Gasteiger charge is -2.17. The molecule has 2 aliphatic rings. The molecule has 5 heterocycles. The van der Waals surface area contributed by atoms with Crippen molar-refractivity contribution in [2.24, 2.45) is 0 Å². The van der Waals surface area contributed by atoms with Gasteiger partial charge in [-0.05, 0) is 67.1 Å². The van der Waals surface area contributed by atoms with E-state index in [1.165, 1.54) is 0 Å². The van der Waals surface area contributed by atoms with Crippen molar-refractivity contribution in [3.63, 3.8) is 0 Å². The van der Waals surface area contributed by atoms with Crippen LogP contribution in [0.2, 0.25) is 0 Å². The Kier molecular flexibility index (Phi) is 6.40. The quantitative estimate of drug-likeness (QED) is 0.350. The number of aromatic carboxylic acids is 1. The molecule has 6 rings (SSSR count). The van der Waals surface area contributed by atoms with Gasteiger partial charge >= 0.3 is 5.97 Å². The number of rotatable bonds is 8. The maximum atomic E-state index is 13.5. The van der Waals surface area contributed by atoms with E-state index in [4.69, 9.17) is 9.40 Å². The van der Waals surface area contributed by atoms with E-state index >= 15 is 0 Å². The minimum absolute atomic E-state index is 0.0298. The number of furan rings is 1. The molecular formula is C30H26N4O5. The van der Waals surface area contributed by atoms with E-state index in [2.05, 4.69) is 10.3 Å². The maximum absolute atomic E-state index is 13.5. The lowest BCUT2D eigenvalue weighted by Crippen LogP contribution is -2.23. The Bertz CT molecular complexity index is 1550. The lowest BCUT2D eigenvalue weighted by molar-refractivity contribution is 0.0695. The van der Waals surface area contributed by atoms with Crippen molar-refractivity contribution in [1.29, 1.82) is 0 Å². The monoisotopic (exact) mass is 522 g/mol. The van der Waals surface area contributed by atoms with E-state index in [0.29, 0.717) is 58.8 Å². The number of aromatic nitrogens is 2. The van der Waals surface area contributed by atoms with Crippen LogP contribution in [-0.4, -0.2) is 44.3 Å². The molecule has 9 heteroatoms. The van der Waals surface area contributed by atoms with Crippen LogP contribution in [0, 0.1) is 0 Å². The number of carbonyl (C=O) groups is 3. The van der Waals surface area contributed by atoms with Crippen LogP contribution in [0.1, 0.15) is 72.7 Å². The molecular weight excluding hydrogens is 496 g/mol. The van der Waals surface area contributed by atoms with Crippen LogP contribution in [0.15, 0.2) is 71.6 Å². The first kappa shape index (κ1) is 24.5. The molecule has 1 saturated heterocycles. The van der Waals surface area contributed by atoms with Crippen molar-refractivity contribution >= 4 is 17.8 Å². The number of nitrogens with zero attached hydrogens (tertiary/aromatic N) is 3. The van der Waals surface area contributed by atoms with Gasteiger partial charge in [-0.3, -0.25) is 19.6 Å². The normalized spacial score (nSPS) is 15.7. The summed E-state index contributed by atoms with van der Waals surface area (Å²) < 4.78 is 5.26. The molecule has 1 fully saturated rings. The number of hydrogen-bond donors (Lipinski definition) is 2. The molecule has 0 radical (unpaired) electrons. The predicted octanol–water partition coefficient (Wildman–Crippen LogP) is 4.44. The molecule has 3 aromatic heterocycles. The van der Waals surface area contributed by atoms with E-state index in [1.54, 1.807) is 60.0 Å². The molecule has 1 atom stereocenters. The molecule has 0 aliphatic carbocycles. The zero-order chi connectivity index (χ0) is 26.9. The van der Waals surface area contributed by atoms with Crippen molar-refractivity contribution in [2.45, 2.75) is 38.3 Å². The number of carbonyl (C=O) groups excluding carboxylic acids is 2. The first-order chi connectivity index (χ1) is 19.0. The molecule has 0 spiro atoms. The second-order valence-corrected chi connectivity index (χ2v) is 9.73. The van der Waals surface area contributed by atoms with Gasteiger partial charge in [-0.1, -0.05) is 18.2 Å². The van der Waals surface area contributed by atoms with Gasteiger partial charge in [0, 0.05) is 30.1 Å². The second-order valence-electron chi connectivity index (χ2n) is 9.73. The average molecular weight is 523 g/mol. The number of aryl methyl sites for hydroxylation is 2. The van der Waals surface area contributed by atoms with Crippen molar-refractivity contribution in [2.75, 3.05) is 6.54 Å².